The van der Waals surface area contributed by atoms with E-state index >= 15 is 0 Å². The zero-order valence-corrected chi connectivity index (χ0v) is 16.1. The van der Waals surface area contributed by atoms with Crippen molar-refractivity contribution in [2.24, 2.45) is 0 Å². The first kappa shape index (κ1) is 17.5. The number of carbonyl (C=O) groups is 1. The number of hydrogen-bond acceptors (Lipinski definition) is 3. The summed E-state index contributed by atoms with van der Waals surface area (Å²) in [7, 11) is 1.69. The van der Waals surface area contributed by atoms with Crippen molar-refractivity contribution in [1.29, 1.82) is 0 Å². The normalized spacial score (nSPS) is 13.1. The van der Waals surface area contributed by atoms with Crippen LogP contribution in [0.5, 0.6) is 11.5 Å². The van der Waals surface area contributed by atoms with E-state index in [1.54, 1.807) is 7.11 Å². The van der Waals surface area contributed by atoms with E-state index in [2.05, 4.69) is 42.5 Å². The fraction of sp³-hybridized carbons (Fsp3) is 0.115. The van der Waals surface area contributed by atoms with E-state index in [1.165, 1.54) is 0 Å². The van der Waals surface area contributed by atoms with Crippen molar-refractivity contribution in [3.8, 4) is 33.8 Å². The highest BCUT2D eigenvalue weighted by Gasteiger charge is 2.23. The minimum Gasteiger partial charge on any atom is -0.497 e. The van der Waals surface area contributed by atoms with Gasteiger partial charge in [0.15, 0.2) is 0 Å². The summed E-state index contributed by atoms with van der Waals surface area (Å²) >= 11 is 0. The molecule has 0 radical (unpaired) electrons. The summed E-state index contributed by atoms with van der Waals surface area (Å²) in [6.45, 7) is 0. The van der Waals surface area contributed by atoms with Gasteiger partial charge in [0.25, 0.3) is 0 Å². The second-order valence-electron chi connectivity index (χ2n) is 7.21. The van der Waals surface area contributed by atoms with Crippen LogP contribution in [0.25, 0.3) is 33.0 Å². The first-order valence-electron chi connectivity index (χ1n) is 9.74. The van der Waals surface area contributed by atoms with Crippen LogP contribution < -0.4 is 9.47 Å². The molecule has 3 nitrogen and oxygen atoms in total. The Hall–Kier alpha value is -3.59. The number of para-hydroxylation sites is 1. The molecule has 5 rings (SSSR count). The molecule has 0 aliphatic carbocycles. The predicted octanol–water partition coefficient (Wildman–Crippen LogP) is 6.03. The molecule has 1 aliphatic heterocycles. The molecule has 0 fully saturated rings. The van der Waals surface area contributed by atoms with Gasteiger partial charge in [-0.2, -0.15) is 0 Å². The van der Waals surface area contributed by atoms with E-state index in [0.29, 0.717) is 18.6 Å². The predicted molar refractivity (Wildman–Crippen MR) is 115 cm³/mol. The highest BCUT2D eigenvalue weighted by Crippen LogP contribution is 2.45. The molecule has 0 atom stereocenters. The third-order valence-corrected chi connectivity index (χ3v) is 5.47. The van der Waals surface area contributed by atoms with Crippen LogP contribution in [0.2, 0.25) is 0 Å². The first-order valence-corrected chi connectivity index (χ1v) is 9.74. The van der Waals surface area contributed by atoms with E-state index in [4.69, 9.17) is 9.47 Å². The van der Waals surface area contributed by atoms with Crippen LogP contribution in [0.3, 0.4) is 0 Å². The van der Waals surface area contributed by atoms with Gasteiger partial charge in [0.05, 0.1) is 13.5 Å². The van der Waals surface area contributed by atoms with Gasteiger partial charge in [0.2, 0.25) is 0 Å². The Labute approximate surface area is 169 Å². The van der Waals surface area contributed by atoms with Crippen LogP contribution in [0.15, 0.2) is 78.9 Å². The Bertz CT molecular complexity index is 1230. The molecule has 0 saturated heterocycles. The fourth-order valence-electron chi connectivity index (χ4n) is 4.14. The zero-order chi connectivity index (χ0) is 19.8. The van der Waals surface area contributed by atoms with Gasteiger partial charge in [-0.15, -0.1) is 0 Å². The molecule has 0 aromatic heterocycles. The lowest BCUT2D eigenvalue weighted by Gasteiger charge is -2.23. The standard InChI is InChI=1S/C26H20O3/c1-28-20-13-11-18-15-19-12-14-24(27)29-23-10-6-5-9-21(23)26(19)25(22(18)16-20)17-7-3-2-4-8-17/h2-11,13,15-16H,12,14H2,1H3. The summed E-state index contributed by atoms with van der Waals surface area (Å²) in [5, 5.41) is 2.26. The van der Waals surface area contributed by atoms with Crippen LogP contribution in [0.1, 0.15) is 12.0 Å². The van der Waals surface area contributed by atoms with Gasteiger partial charge < -0.3 is 9.47 Å². The second kappa shape index (κ2) is 7.10. The van der Waals surface area contributed by atoms with Gasteiger partial charge in [-0.25, -0.2) is 0 Å². The Morgan fingerprint density at radius 1 is 0.828 bits per heavy atom. The monoisotopic (exact) mass is 380 g/mol. The van der Waals surface area contributed by atoms with Gasteiger partial charge in [-0.05, 0) is 57.6 Å². The summed E-state index contributed by atoms with van der Waals surface area (Å²) in [4.78, 5) is 12.3. The minimum absolute atomic E-state index is 0.195. The number of ether oxygens (including phenoxy) is 2. The van der Waals surface area contributed by atoms with Crippen LogP contribution in [-0.2, 0) is 11.2 Å². The van der Waals surface area contributed by atoms with Gasteiger partial charge in [0.1, 0.15) is 11.5 Å². The Kier molecular flexibility index (Phi) is 4.28. The topological polar surface area (TPSA) is 35.5 Å². The average Bonchev–Trinajstić information content (AvgIpc) is 2.76. The summed E-state index contributed by atoms with van der Waals surface area (Å²) in [6.07, 6.45) is 1.00. The minimum atomic E-state index is -0.195. The molecule has 142 valence electrons. The number of esters is 1. The number of methoxy groups -OCH3 is 1. The highest BCUT2D eigenvalue weighted by molar-refractivity contribution is 6.07. The smallest absolute Gasteiger partial charge is 0.311 e. The van der Waals surface area contributed by atoms with Crippen LogP contribution in [0.4, 0.5) is 0 Å². The van der Waals surface area contributed by atoms with Crippen molar-refractivity contribution >= 4 is 16.7 Å². The SMILES string of the molecule is COc1ccc2cc3c(c(-c4ccccc4)c2c1)-c1ccccc1OC(=O)CC3. The van der Waals surface area contributed by atoms with Gasteiger partial charge in [0, 0.05) is 5.56 Å². The third kappa shape index (κ3) is 3.05. The van der Waals surface area contributed by atoms with Gasteiger partial charge >= 0.3 is 5.97 Å². The fourth-order valence-corrected chi connectivity index (χ4v) is 4.14. The van der Waals surface area contributed by atoms with E-state index < -0.39 is 0 Å². The highest BCUT2D eigenvalue weighted by atomic mass is 16.5. The second-order valence-corrected chi connectivity index (χ2v) is 7.21. The number of fused-ring (bicyclic) bond motifs is 4. The molecule has 1 aliphatic rings. The molecule has 0 amide bonds. The summed E-state index contributed by atoms with van der Waals surface area (Å²) in [5.74, 6) is 1.23. The van der Waals surface area contributed by atoms with E-state index in [-0.39, 0.29) is 5.97 Å². The molecule has 0 saturated carbocycles. The Balaban J connectivity index is 1.94. The molecular formula is C26H20O3. The summed E-state index contributed by atoms with van der Waals surface area (Å²) in [5.41, 5.74) is 5.50. The summed E-state index contributed by atoms with van der Waals surface area (Å²) in [6, 6.07) is 26.5. The number of aryl methyl sites for hydroxylation is 1. The molecular weight excluding hydrogens is 360 g/mol. The van der Waals surface area contributed by atoms with Gasteiger partial charge in [-0.1, -0.05) is 60.7 Å². The van der Waals surface area contributed by atoms with E-state index in [0.717, 1.165) is 44.3 Å². The maximum absolute atomic E-state index is 12.3. The number of hydrogen-bond donors (Lipinski definition) is 0. The molecule has 0 unspecified atom stereocenters. The molecule has 4 aromatic carbocycles. The molecule has 29 heavy (non-hydrogen) atoms. The maximum Gasteiger partial charge on any atom is 0.311 e. The number of benzene rings is 4. The molecule has 0 bridgehead atoms. The number of rotatable bonds is 2. The van der Waals surface area contributed by atoms with Gasteiger partial charge in [-0.3, -0.25) is 4.79 Å². The molecule has 0 N–H and O–H groups in total. The molecule has 4 aromatic rings. The molecule has 3 heteroatoms. The van der Waals surface area contributed by atoms with Crippen LogP contribution >= 0.6 is 0 Å². The number of carbonyl (C=O) groups excluding carboxylic acids is 1. The van der Waals surface area contributed by atoms with Crippen molar-refractivity contribution in [2.45, 2.75) is 12.8 Å². The van der Waals surface area contributed by atoms with Crippen molar-refractivity contribution in [2.75, 3.05) is 7.11 Å². The lowest BCUT2D eigenvalue weighted by Crippen LogP contribution is -2.13. The summed E-state index contributed by atoms with van der Waals surface area (Å²) < 4.78 is 11.2. The lowest BCUT2D eigenvalue weighted by molar-refractivity contribution is -0.134. The van der Waals surface area contributed by atoms with Crippen molar-refractivity contribution in [3.05, 3.63) is 84.4 Å². The van der Waals surface area contributed by atoms with Crippen molar-refractivity contribution < 1.29 is 14.3 Å². The molecule has 0 spiro atoms. The lowest BCUT2D eigenvalue weighted by atomic mass is 9.84. The Morgan fingerprint density at radius 2 is 1.62 bits per heavy atom. The third-order valence-electron chi connectivity index (χ3n) is 5.47. The average molecular weight is 380 g/mol. The quantitative estimate of drug-likeness (QED) is 0.314. The van der Waals surface area contributed by atoms with Crippen LogP contribution in [0, 0.1) is 0 Å². The van der Waals surface area contributed by atoms with E-state index in [1.807, 2.05) is 36.4 Å². The van der Waals surface area contributed by atoms with Crippen molar-refractivity contribution in [1.82, 2.24) is 0 Å². The van der Waals surface area contributed by atoms with Crippen LogP contribution in [-0.4, -0.2) is 13.1 Å². The largest absolute Gasteiger partial charge is 0.497 e. The maximum atomic E-state index is 12.3. The first-order chi connectivity index (χ1) is 14.2. The molecule has 1 heterocycles. The Morgan fingerprint density at radius 3 is 2.45 bits per heavy atom. The van der Waals surface area contributed by atoms with E-state index in [9.17, 15) is 4.79 Å². The zero-order valence-electron chi connectivity index (χ0n) is 16.1. The van der Waals surface area contributed by atoms with Crippen molar-refractivity contribution in [3.63, 3.8) is 0 Å².